The van der Waals surface area contributed by atoms with E-state index in [1.54, 1.807) is 13.8 Å². The van der Waals surface area contributed by atoms with Crippen LogP contribution in [-0.4, -0.2) is 12.3 Å². The van der Waals surface area contributed by atoms with Gasteiger partial charge < -0.3 is 0 Å². The minimum atomic E-state index is -1.59. The van der Waals surface area contributed by atoms with Gasteiger partial charge in [0.15, 0.2) is 12.3 Å². The maximum atomic E-state index is 10.4. The maximum Gasteiger partial charge on any atom is 0.506 e. The average molecular weight is 145 g/mol. The van der Waals surface area contributed by atoms with Gasteiger partial charge in [-0.05, 0) is 18.4 Å². The van der Waals surface area contributed by atoms with E-state index in [1.807, 2.05) is 0 Å². The molecule has 1 atom stereocenters. The lowest BCUT2D eigenvalue weighted by Gasteiger charge is -2.06. The second-order valence-corrected chi connectivity index (χ2v) is 3.25. The normalized spacial score (nSPS) is 12.4. The molecule has 0 aliphatic heterocycles. The third-order valence-corrected chi connectivity index (χ3v) is 1.42. The number of rotatable bonds is 2. The molecule has 2 nitrogen and oxygen atoms in total. The zero-order valence-corrected chi connectivity index (χ0v) is 6.74. The van der Waals surface area contributed by atoms with Crippen molar-refractivity contribution < 1.29 is 9.09 Å². The summed E-state index contributed by atoms with van der Waals surface area (Å²) in [7, 11) is -1.59. The molecule has 0 amide bonds. The summed E-state index contributed by atoms with van der Waals surface area (Å²) < 4.78 is 15.3. The Labute approximate surface area is 56.5 Å². The molecule has 0 aromatic rings. The Morgan fingerprint density at radius 1 is 1.67 bits per heavy atom. The third kappa shape index (κ3) is 4.14. The molecule has 0 radical (unpaired) electrons. The second-order valence-electron chi connectivity index (χ2n) is 2.19. The molecular weight excluding hydrogens is 135 g/mol. The summed E-state index contributed by atoms with van der Waals surface area (Å²) in [6.45, 7) is 4.88. The number of hydrogen-bond donors (Lipinski definition) is 0. The van der Waals surface area contributed by atoms with Crippen LogP contribution in [0.1, 0.15) is 13.8 Å². The third-order valence-electron chi connectivity index (χ3n) is 0.704. The van der Waals surface area contributed by atoms with Crippen LogP contribution < -0.4 is 0 Å². The van der Waals surface area contributed by atoms with Crippen LogP contribution in [0, 0.1) is 12.3 Å². The Balaban J connectivity index is 3.91. The van der Waals surface area contributed by atoms with Gasteiger partial charge in [0.1, 0.15) is 0 Å². The molecule has 0 bridgehead atoms. The van der Waals surface area contributed by atoms with Gasteiger partial charge in [0.25, 0.3) is 0 Å². The quantitative estimate of drug-likeness (QED) is 0.437. The van der Waals surface area contributed by atoms with Crippen LogP contribution in [0.3, 0.4) is 0 Å². The summed E-state index contributed by atoms with van der Waals surface area (Å²) in [5, 5.41) is 0. The van der Waals surface area contributed by atoms with Crippen LogP contribution in [0.2, 0.25) is 0 Å². The van der Waals surface area contributed by atoms with Crippen molar-refractivity contribution in [3.8, 4) is 12.3 Å². The van der Waals surface area contributed by atoms with Crippen LogP contribution in [0.25, 0.3) is 0 Å². The van der Waals surface area contributed by atoms with Crippen LogP contribution in [-0.2, 0) is 9.09 Å². The monoisotopic (exact) mass is 145 g/mol. The van der Waals surface area contributed by atoms with Crippen molar-refractivity contribution in [3.63, 3.8) is 0 Å². The number of hydrogen-bond acceptors (Lipinski definition) is 2. The zero-order chi connectivity index (χ0) is 7.49. The van der Waals surface area contributed by atoms with Gasteiger partial charge in [-0.25, -0.2) is 0 Å². The Morgan fingerprint density at radius 3 is 2.22 bits per heavy atom. The molecule has 9 heavy (non-hydrogen) atoms. The van der Waals surface area contributed by atoms with Crippen LogP contribution in [0.4, 0.5) is 0 Å². The van der Waals surface area contributed by atoms with Gasteiger partial charge in [-0.1, -0.05) is 5.92 Å². The Bertz CT molecular complexity index is 155. The minimum Gasteiger partial charge on any atom is -0.127 e. The van der Waals surface area contributed by atoms with Crippen LogP contribution >= 0.6 is 8.03 Å². The first kappa shape index (κ1) is 8.62. The standard InChI is InChI=1S/C6H10O2P/c1-5-6(2,3)8-9(4)7/h1H,2-4H3/q+1. The molecule has 0 aromatic carbocycles. The molecule has 0 heterocycles. The summed E-state index contributed by atoms with van der Waals surface area (Å²) in [6.07, 6.45) is 5.05. The molecule has 0 saturated carbocycles. The molecule has 0 aliphatic rings. The van der Waals surface area contributed by atoms with E-state index in [1.165, 1.54) is 6.66 Å². The Morgan fingerprint density at radius 2 is 2.11 bits per heavy atom. The molecule has 0 rings (SSSR count). The first-order valence-corrected chi connectivity index (χ1v) is 4.18. The van der Waals surface area contributed by atoms with E-state index in [4.69, 9.17) is 10.9 Å². The predicted molar refractivity (Wildman–Crippen MR) is 37.5 cm³/mol. The fraction of sp³-hybridized carbons (Fsp3) is 0.667. The predicted octanol–water partition coefficient (Wildman–Crippen LogP) is 1.79. The van der Waals surface area contributed by atoms with Gasteiger partial charge in [-0.3, -0.25) is 0 Å². The SMILES string of the molecule is C#CC(C)(C)O[P+](C)=O. The first-order chi connectivity index (χ1) is 3.98. The van der Waals surface area contributed by atoms with Crippen molar-refractivity contribution in [1.29, 1.82) is 0 Å². The summed E-state index contributed by atoms with van der Waals surface area (Å²) in [5.41, 5.74) is -0.692. The molecule has 0 fully saturated rings. The van der Waals surface area contributed by atoms with Crippen molar-refractivity contribution in [1.82, 2.24) is 0 Å². The lowest BCUT2D eigenvalue weighted by atomic mass is 10.2. The summed E-state index contributed by atoms with van der Waals surface area (Å²) in [4.78, 5) is 0. The summed E-state index contributed by atoms with van der Waals surface area (Å²) >= 11 is 0. The van der Waals surface area contributed by atoms with Gasteiger partial charge >= 0.3 is 8.03 Å². The van der Waals surface area contributed by atoms with E-state index < -0.39 is 13.6 Å². The Hall–Kier alpha value is -0.380. The molecule has 3 heteroatoms. The summed E-state index contributed by atoms with van der Waals surface area (Å²) in [6, 6.07) is 0. The van der Waals surface area contributed by atoms with E-state index in [2.05, 4.69) is 5.92 Å². The average Bonchev–Trinajstić information content (AvgIpc) is 1.63. The van der Waals surface area contributed by atoms with E-state index in [9.17, 15) is 4.57 Å². The smallest absolute Gasteiger partial charge is 0.127 e. The first-order valence-electron chi connectivity index (χ1n) is 2.56. The molecule has 0 aromatic heterocycles. The van der Waals surface area contributed by atoms with Crippen molar-refractivity contribution in [2.75, 3.05) is 6.66 Å². The summed E-state index contributed by atoms with van der Waals surface area (Å²) in [5.74, 6) is 2.37. The van der Waals surface area contributed by atoms with Crippen molar-refractivity contribution in [3.05, 3.63) is 0 Å². The van der Waals surface area contributed by atoms with Crippen LogP contribution in [0.5, 0.6) is 0 Å². The van der Waals surface area contributed by atoms with Crippen molar-refractivity contribution >= 4 is 8.03 Å². The molecule has 1 unspecified atom stereocenters. The van der Waals surface area contributed by atoms with Gasteiger partial charge in [0.2, 0.25) is 0 Å². The highest BCUT2D eigenvalue weighted by atomic mass is 31.1. The lowest BCUT2D eigenvalue weighted by molar-refractivity contribution is 0.188. The van der Waals surface area contributed by atoms with E-state index in [0.29, 0.717) is 0 Å². The van der Waals surface area contributed by atoms with Gasteiger partial charge in [-0.2, -0.15) is 0 Å². The molecule has 50 valence electrons. The zero-order valence-electron chi connectivity index (χ0n) is 5.84. The molecular formula is C6H10O2P+. The van der Waals surface area contributed by atoms with Gasteiger partial charge in [0, 0.05) is 0 Å². The minimum absolute atomic E-state index is 0.692. The molecule has 0 N–H and O–H groups in total. The largest absolute Gasteiger partial charge is 0.506 e. The van der Waals surface area contributed by atoms with Gasteiger partial charge in [-0.15, -0.1) is 10.9 Å². The highest BCUT2D eigenvalue weighted by molar-refractivity contribution is 7.38. The highest BCUT2D eigenvalue weighted by Crippen LogP contribution is 2.24. The van der Waals surface area contributed by atoms with Crippen molar-refractivity contribution in [2.45, 2.75) is 19.4 Å². The molecule has 0 saturated heterocycles. The lowest BCUT2D eigenvalue weighted by Crippen LogP contribution is -2.17. The molecule has 0 spiro atoms. The topological polar surface area (TPSA) is 26.3 Å². The van der Waals surface area contributed by atoms with Crippen LogP contribution in [0.15, 0.2) is 0 Å². The number of terminal acetylenes is 1. The maximum absolute atomic E-state index is 10.4. The van der Waals surface area contributed by atoms with E-state index in [0.717, 1.165) is 0 Å². The van der Waals surface area contributed by atoms with E-state index in [-0.39, 0.29) is 0 Å². The Kier molecular flexibility index (Phi) is 2.84. The van der Waals surface area contributed by atoms with Gasteiger partial charge in [0.05, 0.1) is 0 Å². The fourth-order valence-electron chi connectivity index (χ4n) is 0.348. The highest BCUT2D eigenvalue weighted by Gasteiger charge is 2.24. The fourth-order valence-corrected chi connectivity index (χ4v) is 1.04. The second kappa shape index (κ2) is 2.96. The van der Waals surface area contributed by atoms with Crippen molar-refractivity contribution in [2.24, 2.45) is 0 Å². The van der Waals surface area contributed by atoms with E-state index >= 15 is 0 Å². The molecule has 0 aliphatic carbocycles.